The molecular weight excluding hydrogens is 729 g/mol. The average Bonchev–Trinajstić information content (AvgIpc) is 3.25. The Labute approximate surface area is 336 Å². The van der Waals surface area contributed by atoms with Crippen molar-refractivity contribution in [2.45, 2.75) is 35.4 Å². The van der Waals surface area contributed by atoms with Gasteiger partial charge in [0.2, 0.25) is 0 Å². The van der Waals surface area contributed by atoms with Gasteiger partial charge in [0, 0.05) is 33.8 Å². The monoisotopic (exact) mass is 766 g/mol. The summed E-state index contributed by atoms with van der Waals surface area (Å²) < 4.78 is 10.8. The van der Waals surface area contributed by atoms with E-state index in [-0.39, 0.29) is 0 Å². The first-order chi connectivity index (χ1) is 27.3. The minimum atomic E-state index is 0.541. The van der Waals surface area contributed by atoms with Gasteiger partial charge in [0.15, 0.2) is 0 Å². The fourth-order valence-electron chi connectivity index (χ4n) is 6.27. The van der Waals surface area contributed by atoms with Crippen molar-refractivity contribution >= 4 is 23.5 Å². The number of nitriles is 2. The molecule has 6 nitrogen and oxygen atoms in total. The maximum atomic E-state index is 10.4. The van der Waals surface area contributed by atoms with Crippen LogP contribution in [0.4, 0.5) is 0 Å². The minimum absolute atomic E-state index is 0.541. The highest BCUT2D eigenvalue weighted by Gasteiger charge is 2.18. The largest absolute Gasteiger partial charge is 0.497 e. The zero-order valence-electron chi connectivity index (χ0n) is 31.5. The maximum absolute atomic E-state index is 10.4. The molecule has 2 aromatic heterocycles. The first-order valence-corrected chi connectivity index (χ1v) is 20.0. The summed E-state index contributed by atoms with van der Waals surface area (Å²) in [5, 5.41) is 22.3. The zero-order valence-corrected chi connectivity index (χ0v) is 33.2. The fraction of sp³-hybridized carbons (Fsp3) is 0.125. The van der Waals surface area contributed by atoms with Crippen LogP contribution in [-0.2, 0) is 11.5 Å². The SMILES string of the molecule is COc1ccc(-c2cc(-c3ccc(C)cc3)nc(SCc3ccc(CSc4cc(-c5ccc(OC)cc5)c(C#N)c(-c5ccc(C)cc5)n4)cc3)c2C#N)cc1. The summed E-state index contributed by atoms with van der Waals surface area (Å²) in [4.78, 5) is 10.0. The number of aryl methyl sites for hydroxylation is 2. The predicted molar refractivity (Wildman–Crippen MR) is 228 cm³/mol. The van der Waals surface area contributed by atoms with Gasteiger partial charge >= 0.3 is 0 Å². The number of thioether (sulfide) groups is 2. The third-order valence-corrected chi connectivity index (χ3v) is 11.5. The lowest BCUT2D eigenvalue weighted by molar-refractivity contribution is 0.415. The standard InChI is InChI=1S/C48H38N4O2S2/c1-31-5-13-37(14-6-31)45-25-41(35-17-21-39(53-3)22-18-35)44(28-50)48(51-45)56-30-34-11-9-33(10-12-34)29-55-46-26-42(36-19-23-40(54-4)24-20-36)43(27-49)47(52-46)38-15-7-32(2)8-16-38/h5-26H,29-30H2,1-4H3. The van der Waals surface area contributed by atoms with Crippen LogP contribution in [0.1, 0.15) is 33.4 Å². The number of aromatic nitrogens is 2. The quantitative estimate of drug-likeness (QED) is 0.114. The zero-order chi connectivity index (χ0) is 39.0. The van der Waals surface area contributed by atoms with Gasteiger partial charge in [0.25, 0.3) is 0 Å². The third-order valence-electron chi connectivity index (χ3n) is 9.47. The number of methoxy groups -OCH3 is 2. The molecule has 0 N–H and O–H groups in total. The summed E-state index contributed by atoms with van der Waals surface area (Å²) in [6.45, 7) is 4.11. The molecule has 0 aliphatic carbocycles. The summed E-state index contributed by atoms with van der Waals surface area (Å²) in [5.41, 5.74) is 12.6. The van der Waals surface area contributed by atoms with Gasteiger partial charge in [0.05, 0.1) is 41.8 Å². The molecule has 0 amide bonds. The van der Waals surface area contributed by atoms with Gasteiger partial charge in [-0.05, 0) is 72.5 Å². The van der Waals surface area contributed by atoms with Crippen LogP contribution in [0.5, 0.6) is 11.5 Å². The van der Waals surface area contributed by atoms with Crippen LogP contribution < -0.4 is 9.47 Å². The first-order valence-electron chi connectivity index (χ1n) is 18.0. The van der Waals surface area contributed by atoms with Crippen LogP contribution in [0.3, 0.4) is 0 Å². The maximum Gasteiger partial charge on any atom is 0.118 e. The van der Waals surface area contributed by atoms with Crippen LogP contribution in [0.25, 0.3) is 44.8 Å². The van der Waals surface area contributed by atoms with E-state index in [2.05, 4.69) is 67.6 Å². The topological polar surface area (TPSA) is 91.8 Å². The van der Waals surface area contributed by atoms with Crippen LogP contribution in [0, 0.1) is 36.5 Å². The van der Waals surface area contributed by atoms with E-state index in [9.17, 15) is 10.5 Å². The van der Waals surface area contributed by atoms with Crippen LogP contribution >= 0.6 is 23.5 Å². The van der Waals surface area contributed by atoms with Crippen molar-refractivity contribution < 1.29 is 9.47 Å². The molecule has 2 heterocycles. The molecule has 0 bridgehead atoms. The number of hydrogen-bond donors (Lipinski definition) is 0. The summed E-state index contributed by atoms with van der Waals surface area (Å²) in [6, 6.07) is 49.5. The Balaban J connectivity index is 1.13. The number of nitrogens with zero attached hydrogens (tertiary/aromatic N) is 4. The molecule has 0 aliphatic rings. The van der Waals surface area contributed by atoms with Crippen molar-refractivity contribution in [2.75, 3.05) is 14.2 Å². The van der Waals surface area contributed by atoms with Crippen molar-refractivity contribution in [1.82, 2.24) is 9.97 Å². The fourth-order valence-corrected chi connectivity index (χ4v) is 8.10. The van der Waals surface area contributed by atoms with Crippen LogP contribution in [0.2, 0.25) is 0 Å². The van der Waals surface area contributed by atoms with Crippen LogP contribution in [0.15, 0.2) is 144 Å². The van der Waals surface area contributed by atoms with E-state index in [0.29, 0.717) is 33.4 Å². The molecule has 0 aliphatic heterocycles. The lowest BCUT2D eigenvalue weighted by Gasteiger charge is -2.14. The molecule has 0 saturated heterocycles. The van der Waals surface area contributed by atoms with Crippen molar-refractivity contribution in [2.24, 2.45) is 0 Å². The third kappa shape index (κ3) is 8.64. The van der Waals surface area contributed by atoms with Gasteiger partial charge in [0.1, 0.15) is 28.7 Å². The number of hydrogen-bond acceptors (Lipinski definition) is 8. The molecule has 0 spiro atoms. The Bertz CT molecular complexity index is 2560. The van der Waals surface area contributed by atoms with Gasteiger partial charge in [-0.1, -0.05) is 108 Å². The summed E-state index contributed by atoms with van der Waals surface area (Å²) in [7, 11) is 3.29. The molecule has 0 unspecified atom stereocenters. The Kier molecular flexibility index (Phi) is 11.8. The van der Waals surface area contributed by atoms with E-state index < -0.39 is 0 Å². The van der Waals surface area contributed by atoms with E-state index >= 15 is 0 Å². The van der Waals surface area contributed by atoms with E-state index in [0.717, 1.165) is 72.3 Å². The highest BCUT2D eigenvalue weighted by atomic mass is 32.2. The van der Waals surface area contributed by atoms with Gasteiger partial charge in [-0.3, -0.25) is 0 Å². The molecule has 0 radical (unpaired) electrons. The Hall–Kier alpha value is -6.32. The Morgan fingerprint density at radius 3 is 1.48 bits per heavy atom. The number of benzene rings is 5. The molecule has 7 aromatic rings. The molecule has 274 valence electrons. The second-order valence-electron chi connectivity index (χ2n) is 13.3. The minimum Gasteiger partial charge on any atom is -0.497 e. The van der Waals surface area contributed by atoms with E-state index in [1.807, 2.05) is 91.9 Å². The van der Waals surface area contributed by atoms with E-state index in [4.69, 9.17) is 19.4 Å². The van der Waals surface area contributed by atoms with Crippen molar-refractivity contribution in [3.05, 3.63) is 167 Å². The summed E-state index contributed by atoms with van der Waals surface area (Å²) >= 11 is 3.21. The lowest BCUT2D eigenvalue weighted by atomic mass is 9.96. The second-order valence-corrected chi connectivity index (χ2v) is 15.2. The summed E-state index contributed by atoms with van der Waals surface area (Å²) in [6.07, 6.45) is 0. The normalized spacial score (nSPS) is 10.8. The number of pyridine rings is 2. The molecule has 7 rings (SSSR count). The highest BCUT2D eigenvalue weighted by molar-refractivity contribution is 7.98. The predicted octanol–water partition coefficient (Wildman–Crippen LogP) is 12.1. The highest BCUT2D eigenvalue weighted by Crippen LogP contribution is 2.38. The molecule has 56 heavy (non-hydrogen) atoms. The van der Waals surface area contributed by atoms with Gasteiger partial charge < -0.3 is 9.47 Å². The van der Waals surface area contributed by atoms with Crippen LogP contribution in [-0.4, -0.2) is 24.2 Å². The molecule has 8 heteroatoms. The molecule has 0 atom stereocenters. The Morgan fingerprint density at radius 1 is 0.518 bits per heavy atom. The van der Waals surface area contributed by atoms with Gasteiger partial charge in [-0.25, -0.2) is 9.97 Å². The molecule has 0 saturated carbocycles. The molecular formula is C48H38N4O2S2. The van der Waals surface area contributed by atoms with Gasteiger partial charge in [-0.15, -0.1) is 23.5 Å². The number of rotatable bonds is 12. The van der Waals surface area contributed by atoms with Crippen molar-refractivity contribution in [3.8, 4) is 68.4 Å². The molecule has 0 fully saturated rings. The summed E-state index contributed by atoms with van der Waals surface area (Å²) in [5.74, 6) is 2.87. The van der Waals surface area contributed by atoms with Crippen molar-refractivity contribution in [3.63, 3.8) is 0 Å². The first kappa shape index (κ1) is 38.0. The van der Waals surface area contributed by atoms with Gasteiger partial charge in [-0.2, -0.15) is 10.5 Å². The lowest BCUT2D eigenvalue weighted by Crippen LogP contribution is -1.97. The van der Waals surface area contributed by atoms with Crippen molar-refractivity contribution in [1.29, 1.82) is 10.5 Å². The van der Waals surface area contributed by atoms with E-state index in [1.54, 1.807) is 37.7 Å². The molecule has 5 aromatic carbocycles. The van der Waals surface area contributed by atoms with E-state index in [1.165, 1.54) is 5.56 Å². The second kappa shape index (κ2) is 17.4. The Morgan fingerprint density at radius 2 is 0.982 bits per heavy atom. The number of ether oxygens (including phenoxy) is 2. The smallest absolute Gasteiger partial charge is 0.118 e. The average molecular weight is 767 g/mol.